The Morgan fingerprint density at radius 3 is 2.18 bits per heavy atom. The highest BCUT2D eigenvalue weighted by Gasteiger charge is 2.53. The zero-order valence-corrected chi connectivity index (χ0v) is 4.99. The predicted octanol–water partition coefficient (Wildman–Crippen LogP) is 1.09. The lowest BCUT2D eigenvalue weighted by Gasteiger charge is -2.33. The number of hydrogen-bond acceptors (Lipinski definition) is 2. The molecule has 1 N–H and O–H groups in total. The molecule has 0 aromatic heterocycles. The van der Waals surface area contributed by atoms with Gasteiger partial charge < -0.3 is 9.84 Å². The van der Waals surface area contributed by atoms with Gasteiger partial charge in [0, 0.05) is 31.3 Å². The molecule has 66 valence electrons. The molecule has 1 aliphatic rings. The van der Waals surface area contributed by atoms with Gasteiger partial charge >= 0.3 is 6.18 Å². The monoisotopic (exact) mass is 178 g/mol. The van der Waals surface area contributed by atoms with Gasteiger partial charge in [0.05, 0.1) is 5.48 Å². The van der Waals surface area contributed by atoms with Crippen molar-refractivity contribution in [3.8, 4) is 0 Å². The standard InChI is InChI=1S/C6H9F3O2/c7-6(8,9)5(10)1-3-11-4-2-5/h10H,1-4H2/i1D2,2D2,3D2,4D2. The number of aliphatic hydroxyl groups is 1. The maximum absolute atomic E-state index is 12.9. The van der Waals surface area contributed by atoms with Crippen LogP contribution in [0.3, 0.4) is 0 Å². The largest absolute Gasteiger partial charge is 0.417 e. The van der Waals surface area contributed by atoms with Crippen LogP contribution in [0.5, 0.6) is 0 Å². The fourth-order valence-corrected chi connectivity index (χ4v) is 0.397. The summed E-state index contributed by atoms with van der Waals surface area (Å²) in [5, 5.41) is 9.50. The number of halogens is 3. The van der Waals surface area contributed by atoms with Gasteiger partial charge in [-0.05, 0) is 0 Å². The zero-order valence-electron chi connectivity index (χ0n) is 13.0. The minimum Gasteiger partial charge on any atom is -0.381 e. The van der Waals surface area contributed by atoms with Crippen molar-refractivity contribution in [1.29, 1.82) is 0 Å². The summed E-state index contributed by atoms with van der Waals surface area (Å²) < 4.78 is 98.7. The van der Waals surface area contributed by atoms with Gasteiger partial charge in [-0.3, -0.25) is 0 Å². The van der Waals surface area contributed by atoms with E-state index in [4.69, 9.17) is 11.0 Å². The minimum absolute atomic E-state index is 3.84. The third kappa shape index (κ3) is 1.65. The summed E-state index contributed by atoms with van der Waals surface area (Å²) in [7, 11) is 0. The molecule has 0 spiro atoms. The molecule has 2 nitrogen and oxygen atoms in total. The molecule has 5 heteroatoms. The van der Waals surface area contributed by atoms with Crippen LogP contribution in [0.2, 0.25) is 0 Å². The molecule has 0 radical (unpaired) electrons. The van der Waals surface area contributed by atoms with Gasteiger partial charge in [-0.1, -0.05) is 0 Å². The summed E-state index contributed by atoms with van der Waals surface area (Å²) in [6.07, 6.45) is -14.5. The van der Waals surface area contributed by atoms with Gasteiger partial charge in [-0.15, -0.1) is 0 Å². The Labute approximate surface area is 73.2 Å². The van der Waals surface area contributed by atoms with Crippen molar-refractivity contribution in [3.63, 3.8) is 0 Å². The second-order valence-electron chi connectivity index (χ2n) is 1.76. The molecule has 11 heavy (non-hydrogen) atoms. The van der Waals surface area contributed by atoms with E-state index in [1.165, 1.54) is 0 Å². The Kier molecular flexibility index (Phi) is 0.692. The molecular formula is C6H9F3O2. The highest BCUT2D eigenvalue weighted by Crippen LogP contribution is 2.37. The smallest absolute Gasteiger partial charge is 0.381 e. The first-order valence-corrected chi connectivity index (χ1v) is 2.45. The first kappa shape index (κ1) is 2.88. The molecule has 1 saturated heterocycles. The van der Waals surface area contributed by atoms with E-state index in [9.17, 15) is 18.3 Å². The molecule has 0 aliphatic carbocycles. The molecule has 0 aromatic rings. The van der Waals surface area contributed by atoms with Crippen molar-refractivity contribution in [1.82, 2.24) is 0 Å². The van der Waals surface area contributed by atoms with E-state index in [1.807, 2.05) is 0 Å². The summed E-state index contributed by atoms with van der Waals surface area (Å²) >= 11 is 0. The van der Waals surface area contributed by atoms with Crippen molar-refractivity contribution in [2.45, 2.75) is 24.5 Å². The summed E-state index contributed by atoms with van der Waals surface area (Å²) in [6.45, 7) is -7.79. The molecule has 1 rings (SSSR count). The molecule has 0 amide bonds. The van der Waals surface area contributed by atoms with Crippen LogP contribution >= 0.6 is 0 Å². The van der Waals surface area contributed by atoms with Crippen molar-refractivity contribution >= 4 is 0 Å². The lowest BCUT2D eigenvalue weighted by atomic mass is 9.94. The molecule has 1 fully saturated rings. The van der Waals surface area contributed by atoms with Gasteiger partial charge in [0.25, 0.3) is 0 Å². The van der Waals surface area contributed by atoms with E-state index < -0.39 is 37.6 Å². The number of alkyl halides is 3. The highest BCUT2D eigenvalue weighted by molar-refractivity contribution is 4.88. The predicted molar refractivity (Wildman–Crippen MR) is 31.1 cm³/mol. The maximum Gasteiger partial charge on any atom is 0.417 e. The van der Waals surface area contributed by atoms with Crippen molar-refractivity contribution < 1.29 is 34.0 Å². The summed E-state index contributed by atoms with van der Waals surface area (Å²) in [5.74, 6) is 0. The minimum atomic E-state index is -5.97. The fourth-order valence-electron chi connectivity index (χ4n) is 0.397. The van der Waals surface area contributed by atoms with Crippen LogP contribution < -0.4 is 0 Å². The van der Waals surface area contributed by atoms with Gasteiger partial charge in [0.2, 0.25) is 0 Å². The molecule has 0 saturated carbocycles. The molecule has 0 unspecified atom stereocenters. The van der Waals surface area contributed by atoms with E-state index >= 15 is 0 Å². The van der Waals surface area contributed by atoms with Crippen LogP contribution in [0.1, 0.15) is 23.7 Å². The topological polar surface area (TPSA) is 29.5 Å². The average Bonchev–Trinajstić information content (AvgIpc) is 2.10. The lowest BCUT2D eigenvalue weighted by Crippen LogP contribution is -2.49. The van der Waals surface area contributed by atoms with E-state index in [1.54, 1.807) is 0 Å². The van der Waals surface area contributed by atoms with Gasteiger partial charge in [0.15, 0.2) is 5.60 Å². The first-order valence-electron chi connectivity index (χ1n) is 6.45. The van der Waals surface area contributed by atoms with E-state index in [2.05, 4.69) is 4.74 Å². The highest BCUT2D eigenvalue weighted by atomic mass is 19.4. The van der Waals surface area contributed by atoms with Crippen molar-refractivity contribution in [2.75, 3.05) is 13.1 Å². The van der Waals surface area contributed by atoms with Crippen LogP contribution in [0.4, 0.5) is 13.2 Å². The third-order valence-corrected chi connectivity index (χ3v) is 0.976. The lowest BCUT2D eigenvalue weighted by molar-refractivity contribution is -0.279. The first-order chi connectivity index (χ1) is 7.96. The summed E-state index contributed by atoms with van der Waals surface area (Å²) in [4.78, 5) is 0. The maximum atomic E-state index is 12.9. The number of rotatable bonds is 0. The molecule has 0 bridgehead atoms. The Hall–Kier alpha value is -0.290. The van der Waals surface area contributed by atoms with Crippen LogP contribution in [0.25, 0.3) is 0 Å². The van der Waals surface area contributed by atoms with Gasteiger partial charge in [0.1, 0.15) is 0 Å². The van der Waals surface area contributed by atoms with E-state index in [0.717, 1.165) is 0 Å². The molecular weight excluding hydrogens is 161 g/mol. The summed E-state index contributed by atoms with van der Waals surface area (Å²) in [6, 6.07) is 0. The van der Waals surface area contributed by atoms with Crippen molar-refractivity contribution in [2.24, 2.45) is 0 Å². The SMILES string of the molecule is [2H]C1([2H])OC([2H])([2H])C([2H])([2H])C(O)(C(F)(F)F)C1([2H])[2H]. The molecule has 0 atom stereocenters. The van der Waals surface area contributed by atoms with Gasteiger partial charge in [-0.25, -0.2) is 0 Å². The summed E-state index contributed by atoms with van der Waals surface area (Å²) in [5.41, 5.74) is -4.93. The number of hydrogen-bond donors (Lipinski definition) is 1. The molecule has 1 heterocycles. The Bertz CT molecular complexity index is 366. The Morgan fingerprint density at radius 1 is 1.36 bits per heavy atom. The number of ether oxygens (including phenoxy) is 1. The second-order valence-corrected chi connectivity index (χ2v) is 1.76. The molecule has 1 aliphatic heterocycles. The normalized spacial score (nSPS) is 54.2. The Balaban J connectivity index is 3.70. The fraction of sp³-hybridized carbons (Fsp3) is 1.00. The van der Waals surface area contributed by atoms with Crippen molar-refractivity contribution in [3.05, 3.63) is 0 Å². The quantitative estimate of drug-likeness (QED) is 0.601. The second kappa shape index (κ2) is 2.64. The third-order valence-electron chi connectivity index (χ3n) is 0.976. The van der Waals surface area contributed by atoms with Crippen LogP contribution in [-0.4, -0.2) is 30.0 Å². The van der Waals surface area contributed by atoms with Crippen LogP contribution in [0, 0.1) is 0 Å². The van der Waals surface area contributed by atoms with E-state index in [0.29, 0.717) is 0 Å². The van der Waals surface area contributed by atoms with E-state index in [-0.39, 0.29) is 0 Å². The van der Waals surface area contributed by atoms with Crippen LogP contribution in [-0.2, 0) is 4.74 Å². The zero-order chi connectivity index (χ0) is 15.7. The van der Waals surface area contributed by atoms with Crippen LogP contribution in [0.15, 0.2) is 0 Å². The molecule has 0 aromatic carbocycles. The average molecular weight is 178 g/mol. The van der Waals surface area contributed by atoms with Gasteiger partial charge in [-0.2, -0.15) is 13.2 Å². The Morgan fingerprint density at radius 2 is 1.82 bits per heavy atom.